The molecule has 0 unspecified atom stereocenters. The zero-order valence-corrected chi connectivity index (χ0v) is 14.5. The van der Waals surface area contributed by atoms with Crippen LogP contribution in [0.5, 0.6) is 0 Å². The maximum absolute atomic E-state index is 11.9. The quantitative estimate of drug-likeness (QED) is 0.679. The average molecular weight is 354 g/mol. The van der Waals surface area contributed by atoms with E-state index in [1.54, 1.807) is 7.11 Å². The monoisotopic (exact) mass is 353 g/mol. The Balaban J connectivity index is 1.78. The molecule has 1 amide bonds. The molecule has 0 radical (unpaired) electrons. The maximum Gasteiger partial charge on any atom is 0.226 e. The second-order valence-corrected chi connectivity index (χ2v) is 6.16. The predicted molar refractivity (Wildman–Crippen MR) is 94.0 cm³/mol. The van der Waals surface area contributed by atoms with E-state index in [1.165, 1.54) is 11.3 Å². The smallest absolute Gasteiger partial charge is 0.226 e. The Kier molecular flexibility index (Phi) is 7.48. The average Bonchev–Trinajstić information content (AvgIpc) is 2.99. The van der Waals surface area contributed by atoms with Gasteiger partial charge in [-0.15, -0.1) is 11.3 Å². The number of aromatic nitrogens is 1. The van der Waals surface area contributed by atoms with Gasteiger partial charge in [-0.1, -0.05) is 29.8 Å². The Labute approximate surface area is 145 Å². The van der Waals surface area contributed by atoms with Crippen molar-refractivity contribution in [3.63, 3.8) is 0 Å². The van der Waals surface area contributed by atoms with Gasteiger partial charge in [0.2, 0.25) is 5.91 Å². The minimum atomic E-state index is -0.0328. The Morgan fingerprint density at radius 3 is 2.91 bits per heavy atom. The van der Waals surface area contributed by atoms with Crippen LogP contribution in [0, 0.1) is 0 Å². The molecule has 1 heterocycles. The first-order valence-electron chi connectivity index (χ1n) is 7.36. The third-order valence-electron chi connectivity index (χ3n) is 3.10. The third-order valence-corrected chi connectivity index (χ3v) is 4.36. The van der Waals surface area contributed by atoms with Gasteiger partial charge in [0.25, 0.3) is 0 Å². The molecule has 0 aliphatic heterocycles. The molecule has 1 aromatic carbocycles. The number of carbonyl (C=O) groups is 1. The highest BCUT2D eigenvalue weighted by atomic mass is 35.5. The fourth-order valence-electron chi connectivity index (χ4n) is 1.96. The minimum Gasteiger partial charge on any atom is -0.383 e. The summed E-state index contributed by atoms with van der Waals surface area (Å²) in [7, 11) is 1.66. The molecule has 124 valence electrons. The number of thiazole rings is 1. The molecular formula is C16H20ClN3O2S. The van der Waals surface area contributed by atoms with E-state index >= 15 is 0 Å². The van der Waals surface area contributed by atoms with Gasteiger partial charge >= 0.3 is 0 Å². The predicted octanol–water partition coefficient (Wildman–Crippen LogP) is 2.36. The van der Waals surface area contributed by atoms with Crippen LogP contribution < -0.4 is 10.6 Å². The number of halogens is 1. The second-order valence-electron chi connectivity index (χ2n) is 4.89. The van der Waals surface area contributed by atoms with Crippen molar-refractivity contribution >= 4 is 28.8 Å². The zero-order chi connectivity index (χ0) is 16.5. The summed E-state index contributed by atoms with van der Waals surface area (Å²) in [6, 6.07) is 7.57. The van der Waals surface area contributed by atoms with E-state index in [2.05, 4.69) is 15.6 Å². The SMILES string of the molecule is COCCNCCNC(=O)Cc1csc(-c2ccccc2Cl)n1. The molecule has 0 saturated carbocycles. The van der Waals surface area contributed by atoms with Crippen LogP contribution in [0.4, 0.5) is 0 Å². The molecule has 0 spiro atoms. The first-order chi connectivity index (χ1) is 11.2. The number of hydrogen-bond donors (Lipinski definition) is 2. The maximum atomic E-state index is 11.9. The van der Waals surface area contributed by atoms with Gasteiger partial charge < -0.3 is 15.4 Å². The van der Waals surface area contributed by atoms with E-state index in [0.717, 1.165) is 29.4 Å². The summed E-state index contributed by atoms with van der Waals surface area (Å²) >= 11 is 7.66. The van der Waals surface area contributed by atoms with E-state index in [9.17, 15) is 4.79 Å². The Hall–Kier alpha value is -1.47. The number of nitrogens with one attached hydrogen (secondary N) is 2. The van der Waals surface area contributed by atoms with Gasteiger partial charge in [0.15, 0.2) is 0 Å². The molecule has 0 fully saturated rings. The number of amides is 1. The lowest BCUT2D eigenvalue weighted by Gasteiger charge is -2.05. The summed E-state index contributed by atoms with van der Waals surface area (Å²) in [5, 5.41) is 9.43. The van der Waals surface area contributed by atoms with Crippen molar-refractivity contribution in [3.05, 3.63) is 40.4 Å². The van der Waals surface area contributed by atoms with E-state index in [4.69, 9.17) is 16.3 Å². The third kappa shape index (κ3) is 5.91. The van der Waals surface area contributed by atoms with Gasteiger partial charge in [-0.05, 0) is 6.07 Å². The van der Waals surface area contributed by atoms with Crippen molar-refractivity contribution in [2.45, 2.75) is 6.42 Å². The highest BCUT2D eigenvalue weighted by Gasteiger charge is 2.10. The topological polar surface area (TPSA) is 63.2 Å². The lowest BCUT2D eigenvalue weighted by molar-refractivity contribution is -0.120. The lowest BCUT2D eigenvalue weighted by atomic mass is 10.2. The molecule has 2 rings (SSSR count). The molecule has 0 bridgehead atoms. The van der Waals surface area contributed by atoms with Gasteiger partial charge in [-0.3, -0.25) is 4.79 Å². The summed E-state index contributed by atoms with van der Waals surface area (Å²) in [6.07, 6.45) is 0.277. The van der Waals surface area contributed by atoms with Crippen LogP contribution in [0.3, 0.4) is 0 Å². The normalized spacial score (nSPS) is 10.7. The molecule has 5 nitrogen and oxygen atoms in total. The van der Waals surface area contributed by atoms with E-state index in [1.807, 2.05) is 29.6 Å². The largest absolute Gasteiger partial charge is 0.383 e. The number of ether oxygens (including phenoxy) is 1. The molecule has 0 saturated heterocycles. The molecular weight excluding hydrogens is 334 g/mol. The molecule has 2 aromatic rings. The molecule has 7 heteroatoms. The van der Waals surface area contributed by atoms with Crippen LogP contribution in [-0.4, -0.2) is 44.2 Å². The number of nitrogens with zero attached hydrogens (tertiary/aromatic N) is 1. The number of benzene rings is 1. The van der Waals surface area contributed by atoms with Gasteiger partial charge in [0.05, 0.1) is 23.7 Å². The van der Waals surface area contributed by atoms with Gasteiger partial charge in [0.1, 0.15) is 5.01 Å². The van der Waals surface area contributed by atoms with Crippen LogP contribution in [-0.2, 0) is 16.0 Å². The van der Waals surface area contributed by atoms with Crippen molar-refractivity contribution < 1.29 is 9.53 Å². The minimum absolute atomic E-state index is 0.0328. The van der Waals surface area contributed by atoms with E-state index in [0.29, 0.717) is 18.2 Å². The molecule has 0 aliphatic rings. The van der Waals surface area contributed by atoms with Crippen molar-refractivity contribution in [2.75, 3.05) is 33.4 Å². The fourth-order valence-corrected chi connectivity index (χ4v) is 3.10. The molecule has 0 aliphatic carbocycles. The van der Waals surface area contributed by atoms with Crippen molar-refractivity contribution in [1.29, 1.82) is 0 Å². The molecule has 2 N–H and O–H groups in total. The zero-order valence-electron chi connectivity index (χ0n) is 13.0. The van der Waals surface area contributed by atoms with Crippen LogP contribution >= 0.6 is 22.9 Å². The van der Waals surface area contributed by atoms with E-state index < -0.39 is 0 Å². The Bertz CT molecular complexity index is 633. The number of carbonyl (C=O) groups excluding carboxylic acids is 1. The van der Waals surface area contributed by atoms with Crippen LogP contribution in [0.1, 0.15) is 5.69 Å². The Morgan fingerprint density at radius 2 is 2.13 bits per heavy atom. The Morgan fingerprint density at radius 1 is 1.30 bits per heavy atom. The summed E-state index contributed by atoms with van der Waals surface area (Å²) < 4.78 is 4.93. The highest BCUT2D eigenvalue weighted by Crippen LogP contribution is 2.30. The van der Waals surface area contributed by atoms with Crippen molar-refractivity contribution in [3.8, 4) is 10.6 Å². The van der Waals surface area contributed by atoms with Crippen LogP contribution in [0.15, 0.2) is 29.6 Å². The molecule has 1 aromatic heterocycles. The molecule has 0 atom stereocenters. The standard InChI is InChI=1S/C16H20ClN3O2S/c1-22-9-8-18-6-7-19-15(21)10-12-11-23-16(20-12)13-4-2-3-5-14(13)17/h2-5,11,18H,6-10H2,1H3,(H,19,21). The number of hydrogen-bond acceptors (Lipinski definition) is 5. The van der Waals surface area contributed by atoms with Crippen LogP contribution in [0.2, 0.25) is 5.02 Å². The lowest BCUT2D eigenvalue weighted by Crippen LogP contribution is -2.33. The summed E-state index contributed by atoms with van der Waals surface area (Å²) in [6.45, 7) is 2.75. The first kappa shape index (κ1) is 17.9. The first-order valence-corrected chi connectivity index (χ1v) is 8.62. The summed E-state index contributed by atoms with van der Waals surface area (Å²) in [4.78, 5) is 16.4. The van der Waals surface area contributed by atoms with Gasteiger partial charge in [-0.25, -0.2) is 4.98 Å². The summed E-state index contributed by atoms with van der Waals surface area (Å²) in [5.74, 6) is -0.0328. The second kappa shape index (κ2) is 9.62. The van der Waals surface area contributed by atoms with Gasteiger partial charge in [0, 0.05) is 37.7 Å². The summed E-state index contributed by atoms with van der Waals surface area (Å²) in [5.41, 5.74) is 1.66. The number of methoxy groups -OCH3 is 1. The highest BCUT2D eigenvalue weighted by molar-refractivity contribution is 7.13. The molecule has 23 heavy (non-hydrogen) atoms. The van der Waals surface area contributed by atoms with Gasteiger partial charge in [-0.2, -0.15) is 0 Å². The van der Waals surface area contributed by atoms with E-state index in [-0.39, 0.29) is 12.3 Å². The van der Waals surface area contributed by atoms with Crippen LogP contribution in [0.25, 0.3) is 10.6 Å². The fraction of sp³-hybridized carbons (Fsp3) is 0.375. The van der Waals surface area contributed by atoms with Crippen molar-refractivity contribution in [2.24, 2.45) is 0 Å². The van der Waals surface area contributed by atoms with Crippen molar-refractivity contribution in [1.82, 2.24) is 15.6 Å². The number of rotatable bonds is 9.